The van der Waals surface area contributed by atoms with Gasteiger partial charge in [0.15, 0.2) is 0 Å². The summed E-state index contributed by atoms with van der Waals surface area (Å²) in [6, 6.07) is 6.98. The summed E-state index contributed by atoms with van der Waals surface area (Å²) in [5.41, 5.74) is 0.444. The number of fused-ring (bicyclic) bond motifs is 2. The molecule has 3 atom stereocenters. The van der Waals surface area contributed by atoms with Gasteiger partial charge in [-0.25, -0.2) is 4.79 Å². The summed E-state index contributed by atoms with van der Waals surface area (Å²) >= 11 is 5.97. The maximum absolute atomic E-state index is 13.4. The number of hydrogen-bond acceptors (Lipinski definition) is 4. The van der Waals surface area contributed by atoms with Crippen molar-refractivity contribution in [2.24, 2.45) is 11.8 Å². The Hall–Kier alpha value is -2.28. The Morgan fingerprint density at radius 2 is 1.62 bits per heavy atom. The average Bonchev–Trinajstić information content (AvgIpc) is 3.07. The number of rotatable bonds is 3. The molecule has 8 heteroatoms. The molecule has 7 nitrogen and oxygen atoms in total. The molecule has 3 fully saturated rings. The normalized spacial score (nSPS) is 25.8. The Morgan fingerprint density at radius 3 is 2.22 bits per heavy atom. The monoisotopic (exact) mass is 461 g/mol. The number of amides is 3. The fourth-order valence-electron chi connectivity index (χ4n) is 5.12. The van der Waals surface area contributed by atoms with Crippen molar-refractivity contribution in [2.75, 3.05) is 26.2 Å². The Balaban J connectivity index is 1.39. The van der Waals surface area contributed by atoms with Gasteiger partial charge in [-0.1, -0.05) is 23.7 Å². The first-order chi connectivity index (χ1) is 15.1. The van der Waals surface area contributed by atoms with E-state index in [1.54, 1.807) is 21.9 Å². The van der Waals surface area contributed by atoms with Crippen LogP contribution in [-0.2, 0) is 20.9 Å². The summed E-state index contributed by atoms with van der Waals surface area (Å²) in [4.78, 5) is 43.9. The van der Waals surface area contributed by atoms with Gasteiger partial charge in [-0.3, -0.25) is 9.59 Å². The van der Waals surface area contributed by atoms with E-state index >= 15 is 0 Å². The SMILES string of the molecule is CC(C)(C)OC(=O)N1CC2CC(C1)CN(C(=O)[C@@H]1CCC(=O)N1Cc1ccc(Cl)cc1)C2. The molecule has 0 radical (unpaired) electrons. The molecule has 32 heavy (non-hydrogen) atoms. The second kappa shape index (κ2) is 8.93. The highest BCUT2D eigenvalue weighted by molar-refractivity contribution is 6.30. The van der Waals surface area contributed by atoms with Crippen molar-refractivity contribution in [1.82, 2.24) is 14.7 Å². The molecule has 0 aromatic heterocycles. The minimum Gasteiger partial charge on any atom is -0.444 e. The van der Waals surface area contributed by atoms with Crippen molar-refractivity contribution in [1.29, 1.82) is 0 Å². The lowest BCUT2D eigenvalue weighted by Gasteiger charge is -2.46. The largest absolute Gasteiger partial charge is 0.444 e. The third-order valence-electron chi connectivity index (χ3n) is 6.42. The standard InChI is InChI=1S/C24H32ClN3O4/c1-24(2,3)32-23(31)27-13-17-10-18(14-27)12-26(11-17)22(30)20-8-9-21(29)28(20)15-16-4-6-19(25)7-5-16/h4-7,17-18,20H,8-15H2,1-3H3/t17?,18?,20-/m0/s1. The van der Waals surface area contributed by atoms with Crippen LogP contribution in [0.3, 0.4) is 0 Å². The second-order valence-electron chi connectivity index (χ2n) is 10.3. The Kier molecular flexibility index (Phi) is 6.39. The van der Waals surface area contributed by atoms with Gasteiger partial charge in [-0.2, -0.15) is 0 Å². The van der Waals surface area contributed by atoms with Gasteiger partial charge in [0.25, 0.3) is 0 Å². The fourth-order valence-corrected chi connectivity index (χ4v) is 5.25. The van der Waals surface area contributed by atoms with Crippen LogP contribution in [0.5, 0.6) is 0 Å². The quantitative estimate of drug-likeness (QED) is 0.690. The third kappa shape index (κ3) is 5.20. The summed E-state index contributed by atoms with van der Waals surface area (Å²) < 4.78 is 5.54. The van der Waals surface area contributed by atoms with Gasteiger partial charge in [0, 0.05) is 44.2 Å². The van der Waals surface area contributed by atoms with Crippen LogP contribution < -0.4 is 0 Å². The number of hydrogen-bond donors (Lipinski definition) is 0. The third-order valence-corrected chi connectivity index (χ3v) is 6.68. The summed E-state index contributed by atoms with van der Waals surface area (Å²) in [6.45, 7) is 8.47. The summed E-state index contributed by atoms with van der Waals surface area (Å²) in [7, 11) is 0. The van der Waals surface area contributed by atoms with Crippen molar-refractivity contribution in [3.05, 3.63) is 34.9 Å². The Morgan fingerprint density at radius 1 is 1.03 bits per heavy atom. The second-order valence-corrected chi connectivity index (χ2v) is 10.7. The van der Waals surface area contributed by atoms with E-state index < -0.39 is 11.6 Å². The van der Waals surface area contributed by atoms with Crippen LogP contribution in [0.4, 0.5) is 4.79 Å². The smallest absolute Gasteiger partial charge is 0.410 e. The van der Waals surface area contributed by atoms with Gasteiger partial charge in [-0.05, 0) is 63.1 Å². The summed E-state index contributed by atoms with van der Waals surface area (Å²) in [5, 5.41) is 0.648. The number of benzene rings is 1. The number of likely N-dealkylation sites (tertiary alicyclic amines) is 3. The minimum absolute atomic E-state index is 0.0200. The molecular formula is C24H32ClN3O4. The van der Waals surface area contributed by atoms with Crippen molar-refractivity contribution >= 4 is 29.5 Å². The van der Waals surface area contributed by atoms with Gasteiger partial charge in [0.1, 0.15) is 11.6 Å². The number of carbonyl (C=O) groups excluding carboxylic acids is 3. The van der Waals surface area contributed by atoms with Gasteiger partial charge < -0.3 is 19.4 Å². The molecule has 2 unspecified atom stereocenters. The van der Waals surface area contributed by atoms with Crippen LogP contribution in [0.2, 0.25) is 5.02 Å². The van der Waals surface area contributed by atoms with Crippen LogP contribution in [-0.4, -0.2) is 70.4 Å². The highest BCUT2D eigenvalue weighted by atomic mass is 35.5. The predicted molar refractivity (Wildman–Crippen MR) is 121 cm³/mol. The van der Waals surface area contributed by atoms with E-state index in [9.17, 15) is 14.4 Å². The first-order valence-electron chi connectivity index (χ1n) is 11.4. The molecule has 3 amide bonds. The maximum atomic E-state index is 13.4. The topological polar surface area (TPSA) is 70.2 Å². The number of carbonyl (C=O) groups is 3. The van der Waals surface area contributed by atoms with E-state index in [1.165, 1.54) is 0 Å². The minimum atomic E-state index is -0.520. The highest BCUT2D eigenvalue weighted by Gasteiger charge is 2.43. The van der Waals surface area contributed by atoms with Gasteiger partial charge in [0.05, 0.1) is 0 Å². The van der Waals surface area contributed by atoms with Crippen molar-refractivity contribution < 1.29 is 19.1 Å². The average molecular weight is 462 g/mol. The van der Waals surface area contributed by atoms with Crippen molar-refractivity contribution in [3.63, 3.8) is 0 Å². The van der Waals surface area contributed by atoms with Gasteiger partial charge >= 0.3 is 6.09 Å². The molecule has 1 aromatic rings. The van der Waals surface area contributed by atoms with E-state index in [4.69, 9.17) is 16.3 Å². The zero-order chi connectivity index (χ0) is 23.0. The number of ether oxygens (including phenoxy) is 1. The molecule has 3 aliphatic heterocycles. The molecule has 1 aromatic carbocycles. The molecule has 4 rings (SSSR count). The predicted octanol–water partition coefficient (Wildman–Crippen LogP) is 3.55. The first kappa shape index (κ1) is 22.9. The molecule has 0 saturated carbocycles. The Labute approximate surface area is 194 Å². The van der Waals surface area contributed by atoms with Crippen LogP contribution >= 0.6 is 11.6 Å². The zero-order valence-electron chi connectivity index (χ0n) is 19.1. The lowest BCUT2D eigenvalue weighted by molar-refractivity contribution is -0.145. The molecule has 0 N–H and O–H groups in total. The molecule has 3 saturated heterocycles. The van der Waals surface area contributed by atoms with E-state index in [0.29, 0.717) is 50.6 Å². The van der Waals surface area contributed by atoms with E-state index in [-0.39, 0.29) is 29.7 Å². The molecular weight excluding hydrogens is 430 g/mol. The maximum Gasteiger partial charge on any atom is 0.410 e. The molecule has 3 heterocycles. The highest BCUT2D eigenvalue weighted by Crippen LogP contribution is 2.32. The lowest BCUT2D eigenvalue weighted by atomic mass is 9.84. The van der Waals surface area contributed by atoms with Crippen LogP contribution in [0.1, 0.15) is 45.6 Å². The van der Waals surface area contributed by atoms with Crippen molar-refractivity contribution in [2.45, 2.75) is 58.2 Å². The number of halogens is 1. The molecule has 2 bridgehead atoms. The molecule has 0 aliphatic carbocycles. The molecule has 174 valence electrons. The zero-order valence-corrected chi connectivity index (χ0v) is 19.8. The van der Waals surface area contributed by atoms with Crippen LogP contribution in [0.25, 0.3) is 0 Å². The molecule has 3 aliphatic rings. The lowest BCUT2D eigenvalue weighted by Crippen LogP contribution is -2.58. The van der Waals surface area contributed by atoms with E-state index in [2.05, 4.69) is 0 Å². The van der Waals surface area contributed by atoms with Gasteiger partial charge in [-0.15, -0.1) is 0 Å². The number of nitrogens with zero attached hydrogens (tertiary/aromatic N) is 3. The summed E-state index contributed by atoms with van der Waals surface area (Å²) in [6.07, 6.45) is 1.70. The van der Waals surface area contributed by atoms with Gasteiger partial charge in [0.2, 0.25) is 11.8 Å². The first-order valence-corrected chi connectivity index (χ1v) is 11.8. The van der Waals surface area contributed by atoms with Crippen LogP contribution in [0, 0.1) is 11.8 Å². The number of piperidine rings is 2. The Bertz CT molecular complexity index is 868. The van der Waals surface area contributed by atoms with Crippen molar-refractivity contribution in [3.8, 4) is 0 Å². The molecule has 0 spiro atoms. The van der Waals surface area contributed by atoms with E-state index in [1.807, 2.05) is 37.8 Å². The summed E-state index contributed by atoms with van der Waals surface area (Å²) in [5.74, 6) is 0.526. The van der Waals surface area contributed by atoms with Crippen LogP contribution in [0.15, 0.2) is 24.3 Å². The fraction of sp³-hybridized carbons (Fsp3) is 0.625. The van der Waals surface area contributed by atoms with E-state index in [0.717, 1.165) is 12.0 Å².